The van der Waals surface area contributed by atoms with E-state index in [1.54, 1.807) is 4.90 Å². The van der Waals surface area contributed by atoms with E-state index in [0.29, 0.717) is 31.1 Å². The number of carbonyl (C=O) groups excluding carboxylic acids is 1. The van der Waals surface area contributed by atoms with Crippen LogP contribution in [0.3, 0.4) is 0 Å². The van der Waals surface area contributed by atoms with Crippen LogP contribution in [0.2, 0.25) is 5.02 Å². The van der Waals surface area contributed by atoms with E-state index in [4.69, 9.17) is 25.8 Å². The molecule has 2 aliphatic heterocycles. The Morgan fingerprint density at radius 3 is 2.72 bits per heavy atom. The number of carbonyl (C=O) groups is 1. The Labute approximate surface area is 178 Å². The van der Waals surface area contributed by atoms with E-state index in [0.717, 1.165) is 29.7 Å². The van der Waals surface area contributed by atoms with Crippen molar-refractivity contribution in [2.45, 2.75) is 71.4 Å². The predicted octanol–water partition coefficient (Wildman–Crippen LogP) is 4.84. The van der Waals surface area contributed by atoms with Gasteiger partial charge in [-0.25, -0.2) is 4.79 Å². The average molecular weight is 423 g/mol. The number of aryl methyl sites for hydroxylation is 1. The van der Waals surface area contributed by atoms with E-state index in [9.17, 15) is 4.79 Å². The normalized spacial score (nSPS) is 21.8. The van der Waals surface area contributed by atoms with Crippen LogP contribution in [-0.4, -0.2) is 53.2 Å². The largest absolute Gasteiger partial charge is 0.444 e. The van der Waals surface area contributed by atoms with Gasteiger partial charge in [-0.3, -0.25) is 4.98 Å². The molecule has 0 radical (unpaired) electrons. The van der Waals surface area contributed by atoms with Gasteiger partial charge in [0.2, 0.25) is 0 Å². The van der Waals surface area contributed by atoms with Crippen LogP contribution in [0.1, 0.15) is 58.7 Å². The molecule has 1 aromatic heterocycles. The van der Waals surface area contributed by atoms with Gasteiger partial charge in [0, 0.05) is 19.3 Å². The Hall–Kier alpha value is -1.63. The summed E-state index contributed by atoms with van der Waals surface area (Å²) in [5, 5.41) is 0.642. The van der Waals surface area contributed by atoms with Crippen molar-refractivity contribution in [3.05, 3.63) is 34.6 Å². The minimum atomic E-state index is -0.495. The van der Waals surface area contributed by atoms with Crippen LogP contribution < -0.4 is 0 Å². The Morgan fingerprint density at radius 2 is 2.17 bits per heavy atom. The molecule has 0 unspecified atom stereocenters. The van der Waals surface area contributed by atoms with E-state index >= 15 is 0 Å². The van der Waals surface area contributed by atoms with Gasteiger partial charge in [-0.05, 0) is 71.1 Å². The van der Waals surface area contributed by atoms with Crippen LogP contribution in [0, 0.1) is 0 Å². The maximum absolute atomic E-state index is 12.2. The van der Waals surface area contributed by atoms with Crippen LogP contribution in [0.4, 0.5) is 4.79 Å². The van der Waals surface area contributed by atoms with E-state index < -0.39 is 11.4 Å². The van der Waals surface area contributed by atoms with Gasteiger partial charge in [0.05, 0.1) is 23.4 Å². The molecule has 29 heavy (non-hydrogen) atoms. The molecule has 1 amide bonds. The van der Waals surface area contributed by atoms with Gasteiger partial charge in [-0.1, -0.05) is 17.7 Å². The average Bonchev–Trinajstić information content (AvgIpc) is 2.98. The second-order valence-corrected chi connectivity index (χ2v) is 9.48. The lowest BCUT2D eigenvalue weighted by atomic mass is 10.0. The maximum atomic E-state index is 12.2. The molecule has 160 valence electrons. The third-order valence-corrected chi connectivity index (χ3v) is 5.17. The van der Waals surface area contributed by atoms with Crippen LogP contribution in [0.25, 0.3) is 5.57 Å². The summed E-state index contributed by atoms with van der Waals surface area (Å²) in [6, 6.07) is 1.98. The summed E-state index contributed by atoms with van der Waals surface area (Å²) in [5.74, 6) is -0.495. The third-order valence-electron chi connectivity index (χ3n) is 4.89. The molecule has 3 rings (SSSR count). The lowest BCUT2D eigenvalue weighted by Gasteiger charge is -2.29. The van der Waals surface area contributed by atoms with Crippen molar-refractivity contribution in [1.82, 2.24) is 9.88 Å². The fourth-order valence-electron chi connectivity index (χ4n) is 3.46. The number of amides is 1. The van der Waals surface area contributed by atoms with Crippen LogP contribution >= 0.6 is 11.6 Å². The fourth-order valence-corrected chi connectivity index (χ4v) is 3.77. The SMILES string of the molecule is CC(C)(C)OC(=O)N1CC=C(c2ncc(CC[C@H]3COC(C)(C)O3)cc2Cl)CC1. The smallest absolute Gasteiger partial charge is 0.410 e. The van der Waals surface area contributed by atoms with Crippen molar-refractivity contribution < 1.29 is 19.0 Å². The number of ether oxygens (including phenoxy) is 3. The first-order valence-corrected chi connectivity index (χ1v) is 10.5. The number of aromatic nitrogens is 1. The first kappa shape index (κ1) is 22.1. The standard InChI is InChI=1S/C22H31ClN2O4/c1-21(2,3)29-20(26)25-10-8-16(9-11-25)19-18(23)12-15(13-24-19)6-7-17-14-27-22(4,5)28-17/h8,12-13,17H,6-7,9-11,14H2,1-5H3/t17-/m0/s1. The van der Waals surface area contributed by atoms with Crippen molar-refractivity contribution in [3.63, 3.8) is 0 Å². The summed E-state index contributed by atoms with van der Waals surface area (Å²) in [5.41, 5.74) is 2.45. The second kappa shape index (κ2) is 8.62. The number of halogens is 1. The molecule has 1 saturated heterocycles. The Morgan fingerprint density at radius 1 is 1.41 bits per heavy atom. The van der Waals surface area contributed by atoms with Crippen molar-refractivity contribution in [2.75, 3.05) is 19.7 Å². The topological polar surface area (TPSA) is 60.9 Å². The van der Waals surface area contributed by atoms with Crippen LogP contribution in [-0.2, 0) is 20.6 Å². The van der Waals surface area contributed by atoms with Crippen molar-refractivity contribution in [3.8, 4) is 0 Å². The van der Waals surface area contributed by atoms with Crippen LogP contribution in [0.5, 0.6) is 0 Å². The zero-order valence-electron chi connectivity index (χ0n) is 18.0. The lowest BCUT2D eigenvalue weighted by Crippen LogP contribution is -2.39. The quantitative estimate of drug-likeness (QED) is 0.694. The van der Waals surface area contributed by atoms with Gasteiger partial charge < -0.3 is 19.1 Å². The molecule has 0 N–H and O–H groups in total. The number of nitrogens with zero attached hydrogens (tertiary/aromatic N) is 2. The highest BCUT2D eigenvalue weighted by molar-refractivity contribution is 6.32. The van der Waals surface area contributed by atoms with Crippen molar-refractivity contribution in [1.29, 1.82) is 0 Å². The van der Waals surface area contributed by atoms with E-state index in [2.05, 4.69) is 4.98 Å². The molecule has 1 atom stereocenters. The summed E-state index contributed by atoms with van der Waals surface area (Å²) < 4.78 is 16.9. The van der Waals surface area contributed by atoms with Gasteiger partial charge in [-0.15, -0.1) is 0 Å². The van der Waals surface area contributed by atoms with E-state index in [-0.39, 0.29) is 12.2 Å². The van der Waals surface area contributed by atoms with Crippen molar-refractivity contribution >= 4 is 23.3 Å². The van der Waals surface area contributed by atoms with E-state index in [1.807, 2.05) is 53.0 Å². The monoisotopic (exact) mass is 422 g/mol. The molecule has 0 saturated carbocycles. The zero-order chi connectivity index (χ0) is 21.2. The maximum Gasteiger partial charge on any atom is 0.410 e. The number of pyridine rings is 1. The summed E-state index contributed by atoms with van der Waals surface area (Å²) in [6.07, 6.45) is 6.10. The molecule has 0 aliphatic carbocycles. The minimum Gasteiger partial charge on any atom is -0.444 e. The minimum absolute atomic E-state index is 0.100. The first-order chi connectivity index (χ1) is 13.5. The Bertz CT molecular complexity index is 786. The van der Waals surface area contributed by atoms with Crippen molar-refractivity contribution in [2.24, 2.45) is 0 Å². The first-order valence-electron chi connectivity index (χ1n) is 10.2. The molecule has 3 heterocycles. The molecule has 7 heteroatoms. The highest BCUT2D eigenvalue weighted by atomic mass is 35.5. The molecule has 0 bridgehead atoms. The molecule has 1 aromatic rings. The molecular weight excluding hydrogens is 392 g/mol. The van der Waals surface area contributed by atoms with Gasteiger partial charge in [0.15, 0.2) is 5.79 Å². The number of hydrogen-bond acceptors (Lipinski definition) is 5. The summed E-state index contributed by atoms with van der Waals surface area (Å²) in [7, 11) is 0. The molecule has 0 aromatic carbocycles. The Balaban J connectivity index is 1.57. The highest BCUT2D eigenvalue weighted by Crippen LogP contribution is 2.29. The zero-order valence-corrected chi connectivity index (χ0v) is 18.7. The Kier molecular flexibility index (Phi) is 6.56. The number of rotatable bonds is 4. The summed E-state index contributed by atoms with van der Waals surface area (Å²) in [6.45, 7) is 11.2. The summed E-state index contributed by atoms with van der Waals surface area (Å²) >= 11 is 6.53. The molecular formula is C22H31ClN2O4. The predicted molar refractivity (Wildman–Crippen MR) is 113 cm³/mol. The third kappa shape index (κ3) is 6.17. The van der Waals surface area contributed by atoms with E-state index in [1.165, 1.54) is 0 Å². The molecule has 0 spiro atoms. The van der Waals surface area contributed by atoms with Gasteiger partial charge >= 0.3 is 6.09 Å². The van der Waals surface area contributed by atoms with Gasteiger partial charge in [0.1, 0.15) is 5.60 Å². The van der Waals surface area contributed by atoms with Gasteiger partial charge in [0.25, 0.3) is 0 Å². The number of hydrogen-bond donors (Lipinski definition) is 0. The lowest BCUT2D eigenvalue weighted by molar-refractivity contribution is -0.138. The van der Waals surface area contributed by atoms with Crippen LogP contribution in [0.15, 0.2) is 18.3 Å². The summed E-state index contributed by atoms with van der Waals surface area (Å²) in [4.78, 5) is 18.5. The molecule has 2 aliphatic rings. The fraction of sp³-hybridized carbons (Fsp3) is 0.636. The van der Waals surface area contributed by atoms with Gasteiger partial charge in [-0.2, -0.15) is 0 Å². The molecule has 1 fully saturated rings. The molecule has 6 nitrogen and oxygen atoms in total. The second-order valence-electron chi connectivity index (χ2n) is 9.07. The highest BCUT2D eigenvalue weighted by Gasteiger charge is 2.32.